The fourth-order valence-electron chi connectivity index (χ4n) is 2.65. The van der Waals surface area contributed by atoms with Gasteiger partial charge >= 0.3 is 0 Å². The number of carbonyl (C=O) groups is 2. The molecule has 3 rings (SSSR count). The number of aryl methyl sites for hydroxylation is 2. The van der Waals surface area contributed by atoms with Crippen molar-refractivity contribution in [3.05, 3.63) is 69.9 Å². The first-order chi connectivity index (χ1) is 11.4. The zero-order valence-electron chi connectivity index (χ0n) is 13.7. The molecule has 1 heterocycles. The molecule has 0 radical (unpaired) electrons. The van der Waals surface area contributed by atoms with E-state index in [1.165, 1.54) is 7.05 Å². The molecule has 1 aliphatic rings. The summed E-state index contributed by atoms with van der Waals surface area (Å²) in [6.45, 7) is 3.93. The molecule has 0 atom stereocenters. The van der Waals surface area contributed by atoms with Crippen molar-refractivity contribution in [1.82, 2.24) is 4.90 Å². The van der Waals surface area contributed by atoms with Gasteiger partial charge in [0.2, 0.25) is 0 Å². The van der Waals surface area contributed by atoms with Gasteiger partial charge in [-0.3, -0.25) is 14.5 Å². The second kappa shape index (κ2) is 6.13. The van der Waals surface area contributed by atoms with Crippen molar-refractivity contribution in [2.45, 2.75) is 13.8 Å². The van der Waals surface area contributed by atoms with E-state index in [0.29, 0.717) is 21.9 Å². The number of nitrogens with one attached hydrogen (secondary N) is 1. The Balaban J connectivity index is 2.12. The third-order valence-electron chi connectivity index (χ3n) is 4.07. The molecule has 2 amide bonds. The van der Waals surface area contributed by atoms with Crippen molar-refractivity contribution >= 4 is 34.7 Å². The second-order valence-corrected chi connectivity index (χ2v) is 6.31. The first-order valence-electron chi connectivity index (χ1n) is 7.55. The van der Waals surface area contributed by atoms with Crippen molar-refractivity contribution < 1.29 is 9.59 Å². The van der Waals surface area contributed by atoms with Crippen LogP contribution in [0.3, 0.4) is 0 Å². The van der Waals surface area contributed by atoms with Crippen LogP contribution in [-0.4, -0.2) is 23.8 Å². The zero-order valence-corrected chi connectivity index (χ0v) is 14.4. The lowest BCUT2D eigenvalue weighted by Crippen LogP contribution is -2.28. The van der Waals surface area contributed by atoms with E-state index in [4.69, 9.17) is 11.6 Å². The minimum atomic E-state index is -0.342. The maximum Gasteiger partial charge on any atom is 0.277 e. The van der Waals surface area contributed by atoms with E-state index in [2.05, 4.69) is 5.32 Å². The maximum atomic E-state index is 12.5. The molecule has 0 saturated heterocycles. The Kier molecular flexibility index (Phi) is 4.16. The van der Waals surface area contributed by atoms with Crippen LogP contribution in [-0.2, 0) is 9.59 Å². The van der Waals surface area contributed by atoms with Crippen molar-refractivity contribution in [2.24, 2.45) is 0 Å². The molecule has 0 aliphatic carbocycles. The molecule has 24 heavy (non-hydrogen) atoms. The lowest BCUT2D eigenvalue weighted by atomic mass is 10.0. The summed E-state index contributed by atoms with van der Waals surface area (Å²) in [7, 11) is 1.48. The van der Waals surface area contributed by atoms with Gasteiger partial charge in [0.05, 0.1) is 5.57 Å². The highest BCUT2D eigenvalue weighted by Gasteiger charge is 2.36. The predicted molar refractivity (Wildman–Crippen MR) is 95.7 cm³/mol. The number of likely N-dealkylation sites (N-methyl/N-ethyl adjacent to an activating group) is 1. The number of benzene rings is 2. The predicted octanol–water partition coefficient (Wildman–Crippen LogP) is 3.78. The molecule has 0 aromatic heterocycles. The van der Waals surface area contributed by atoms with E-state index < -0.39 is 0 Å². The van der Waals surface area contributed by atoms with Crippen LogP contribution in [0.2, 0.25) is 5.02 Å². The summed E-state index contributed by atoms with van der Waals surface area (Å²) in [6.07, 6.45) is 0. The number of rotatable bonds is 3. The standard InChI is InChI=1S/C19H17ClN2O2/c1-11-4-5-12(2)15(10-11)21-17-16(18(23)22(3)19(17)24)13-6-8-14(20)9-7-13/h4-10,21H,1-3H3. The summed E-state index contributed by atoms with van der Waals surface area (Å²) in [5.41, 5.74) is 4.20. The fraction of sp³-hybridized carbons (Fsp3) is 0.158. The maximum absolute atomic E-state index is 12.5. The number of amides is 2. The van der Waals surface area contributed by atoms with Gasteiger partial charge in [0.15, 0.2) is 0 Å². The first kappa shape index (κ1) is 16.3. The third kappa shape index (κ3) is 2.81. The van der Waals surface area contributed by atoms with Crippen LogP contribution in [0.4, 0.5) is 5.69 Å². The summed E-state index contributed by atoms with van der Waals surface area (Å²) in [6, 6.07) is 12.8. The Morgan fingerprint density at radius 1 is 0.958 bits per heavy atom. The first-order valence-corrected chi connectivity index (χ1v) is 7.93. The molecular formula is C19H17ClN2O2. The Labute approximate surface area is 145 Å². The fourth-order valence-corrected chi connectivity index (χ4v) is 2.77. The molecule has 4 nitrogen and oxygen atoms in total. The minimum absolute atomic E-state index is 0.290. The Morgan fingerprint density at radius 3 is 2.29 bits per heavy atom. The number of anilines is 1. The van der Waals surface area contributed by atoms with Gasteiger partial charge in [-0.15, -0.1) is 0 Å². The summed E-state index contributed by atoms with van der Waals surface area (Å²) < 4.78 is 0. The summed E-state index contributed by atoms with van der Waals surface area (Å²) in [5.74, 6) is -0.666. The molecule has 0 saturated carbocycles. The van der Waals surface area contributed by atoms with Crippen LogP contribution in [0.5, 0.6) is 0 Å². The molecule has 1 aliphatic heterocycles. The average Bonchev–Trinajstić information content (AvgIpc) is 2.76. The van der Waals surface area contributed by atoms with Gasteiger partial charge < -0.3 is 5.32 Å². The van der Waals surface area contributed by atoms with Crippen LogP contribution in [0.15, 0.2) is 48.2 Å². The summed E-state index contributed by atoms with van der Waals surface area (Å²) in [5, 5.41) is 3.74. The lowest BCUT2D eigenvalue weighted by molar-refractivity contribution is -0.135. The number of hydrogen-bond donors (Lipinski definition) is 1. The van der Waals surface area contributed by atoms with Gasteiger partial charge in [-0.2, -0.15) is 0 Å². The van der Waals surface area contributed by atoms with Crippen LogP contribution in [0.1, 0.15) is 16.7 Å². The van der Waals surface area contributed by atoms with Gasteiger partial charge in [-0.05, 0) is 48.7 Å². The molecule has 5 heteroatoms. The SMILES string of the molecule is Cc1ccc(C)c(NC2=C(c3ccc(Cl)cc3)C(=O)N(C)C2=O)c1. The van der Waals surface area contributed by atoms with Gasteiger partial charge in [-0.25, -0.2) is 0 Å². The van der Waals surface area contributed by atoms with Crippen LogP contribution in [0.25, 0.3) is 5.57 Å². The minimum Gasteiger partial charge on any atom is -0.350 e. The van der Waals surface area contributed by atoms with Crippen LogP contribution < -0.4 is 5.32 Å². The van der Waals surface area contributed by atoms with Crippen molar-refractivity contribution in [2.75, 3.05) is 12.4 Å². The van der Waals surface area contributed by atoms with Crippen molar-refractivity contribution in [1.29, 1.82) is 0 Å². The average molecular weight is 341 g/mol. The lowest BCUT2D eigenvalue weighted by Gasteiger charge is -2.12. The number of imide groups is 1. The molecule has 1 N–H and O–H groups in total. The van der Waals surface area contributed by atoms with Gasteiger partial charge in [0, 0.05) is 17.8 Å². The number of nitrogens with zero attached hydrogens (tertiary/aromatic N) is 1. The monoisotopic (exact) mass is 340 g/mol. The van der Waals surface area contributed by atoms with Gasteiger partial charge in [-0.1, -0.05) is 35.9 Å². The third-order valence-corrected chi connectivity index (χ3v) is 4.32. The highest BCUT2D eigenvalue weighted by atomic mass is 35.5. The Bertz CT molecular complexity index is 869. The molecule has 2 aromatic carbocycles. The Hall–Kier alpha value is -2.59. The highest BCUT2D eigenvalue weighted by Crippen LogP contribution is 2.31. The topological polar surface area (TPSA) is 49.4 Å². The highest BCUT2D eigenvalue weighted by molar-refractivity contribution is 6.36. The van der Waals surface area contributed by atoms with Crippen LogP contribution in [0, 0.1) is 13.8 Å². The largest absolute Gasteiger partial charge is 0.350 e. The number of hydrogen-bond acceptors (Lipinski definition) is 3. The van der Waals surface area contributed by atoms with Crippen molar-refractivity contribution in [3.8, 4) is 0 Å². The van der Waals surface area contributed by atoms with Gasteiger partial charge in [0.1, 0.15) is 5.70 Å². The molecule has 122 valence electrons. The molecule has 2 aromatic rings. The molecule has 0 fully saturated rings. The van der Waals surface area contributed by atoms with Crippen molar-refractivity contribution in [3.63, 3.8) is 0 Å². The normalized spacial score (nSPS) is 14.6. The summed E-state index contributed by atoms with van der Waals surface area (Å²) >= 11 is 5.92. The van der Waals surface area contributed by atoms with E-state index >= 15 is 0 Å². The smallest absolute Gasteiger partial charge is 0.277 e. The summed E-state index contributed by atoms with van der Waals surface area (Å²) in [4.78, 5) is 26.2. The molecule has 0 unspecified atom stereocenters. The Morgan fingerprint density at radius 2 is 1.62 bits per heavy atom. The zero-order chi connectivity index (χ0) is 17.4. The van der Waals surface area contributed by atoms with E-state index in [9.17, 15) is 9.59 Å². The molecular weight excluding hydrogens is 324 g/mol. The van der Waals surface area contributed by atoms with E-state index in [0.717, 1.165) is 21.7 Å². The van der Waals surface area contributed by atoms with Crippen LogP contribution >= 0.6 is 11.6 Å². The number of halogens is 1. The second-order valence-electron chi connectivity index (χ2n) is 5.87. The molecule has 0 bridgehead atoms. The molecule has 0 spiro atoms. The van der Waals surface area contributed by atoms with E-state index in [-0.39, 0.29) is 11.8 Å². The number of carbonyl (C=O) groups excluding carboxylic acids is 2. The van der Waals surface area contributed by atoms with E-state index in [1.54, 1.807) is 24.3 Å². The van der Waals surface area contributed by atoms with Gasteiger partial charge in [0.25, 0.3) is 11.8 Å². The quantitative estimate of drug-likeness (QED) is 0.865. The van der Waals surface area contributed by atoms with E-state index in [1.807, 2.05) is 32.0 Å².